The molecule has 1 aromatic carbocycles. The Balaban J connectivity index is 3.02. The van der Waals surface area contributed by atoms with Gasteiger partial charge < -0.3 is 5.73 Å². The highest BCUT2D eigenvalue weighted by atomic mass is 32.2. The Kier molecular flexibility index (Phi) is 4.85. The van der Waals surface area contributed by atoms with E-state index in [9.17, 15) is 8.42 Å². The number of thioether (sulfide) groups is 1. The average Bonchev–Trinajstić information content (AvgIpc) is 2.31. The lowest BCUT2D eigenvalue weighted by molar-refractivity contribution is 0.588. The topological polar surface area (TPSA) is 72.2 Å². The third-order valence-corrected chi connectivity index (χ3v) is 5.24. The molecule has 0 aliphatic rings. The van der Waals surface area contributed by atoms with Crippen LogP contribution in [0.4, 0.5) is 5.69 Å². The molecule has 0 spiro atoms. The van der Waals surface area contributed by atoms with Gasteiger partial charge in [-0.3, -0.25) is 0 Å². The summed E-state index contributed by atoms with van der Waals surface area (Å²) in [5, 5.41) is 0.462. The monoisotopic (exact) mass is 274 g/mol. The van der Waals surface area contributed by atoms with E-state index >= 15 is 0 Å². The van der Waals surface area contributed by atoms with Crippen LogP contribution in [0.2, 0.25) is 0 Å². The normalized spacial score (nSPS) is 13.6. The smallest absolute Gasteiger partial charge is 0.240 e. The molecule has 1 unspecified atom stereocenters. The van der Waals surface area contributed by atoms with Gasteiger partial charge in [0.05, 0.1) is 4.90 Å². The summed E-state index contributed by atoms with van der Waals surface area (Å²) in [5.41, 5.74) is 6.37. The second kappa shape index (κ2) is 5.75. The molecule has 0 saturated carbocycles. The molecule has 0 aliphatic heterocycles. The minimum atomic E-state index is -3.41. The van der Waals surface area contributed by atoms with E-state index in [1.165, 1.54) is 13.1 Å². The molecule has 0 fully saturated rings. The van der Waals surface area contributed by atoms with Gasteiger partial charge in [0.1, 0.15) is 0 Å². The van der Waals surface area contributed by atoms with Crippen molar-refractivity contribution in [2.75, 3.05) is 12.8 Å². The highest BCUT2D eigenvalue weighted by molar-refractivity contribution is 8.00. The molecule has 1 aromatic rings. The third kappa shape index (κ3) is 3.62. The lowest BCUT2D eigenvalue weighted by Gasteiger charge is -2.11. The summed E-state index contributed by atoms with van der Waals surface area (Å²) < 4.78 is 25.4. The lowest BCUT2D eigenvalue weighted by atomic mass is 10.3. The number of hydrogen-bond donors (Lipinski definition) is 2. The van der Waals surface area contributed by atoms with E-state index in [0.29, 0.717) is 10.9 Å². The Morgan fingerprint density at radius 1 is 1.47 bits per heavy atom. The number of benzene rings is 1. The van der Waals surface area contributed by atoms with Crippen molar-refractivity contribution in [1.82, 2.24) is 4.72 Å². The SMILES string of the molecule is CCC(C)Sc1ccc(S(=O)(=O)NC)cc1N. The van der Waals surface area contributed by atoms with Gasteiger partial charge in [-0.1, -0.05) is 13.8 Å². The largest absolute Gasteiger partial charge is 0.398 e. The van der Waals surface area contributed by atoms with Crippen molar-refractivity contribution in [3.63, 3.8) is 0 Å². The van der Waals surface area contributed by atoms with Crippen LogP contribution in [0, 0.1) is 0 Å². The Morgan fingerprint density at radius 2 is 2.12 bits per heavy atom. The first kappa shape index (κ1) is 14.3. The summed E-state index contributed by atoms with van der Waals surface area (Å²) in [6, 6.07) is 4.83. The summed E-state index contributed by atoms with van der Waals surface area (Å²) in [7, 11) is -2.03. The van der Waals surface area contributed by atoms with E-state index in [4.69, 9.17) is 5.73 Å². The van der Waals surface area contributed by atoms with E-state index in [1.54, 1.807) is 23.9 Å². The lowest BCUT2D eigenvalue weighted by Crippen LogP contribution is -2.18. The third-order valence-electron chi connectivity index (χ3n) is 2.46. The van der Waals surface area contributed by atoms with E-state index in [2.05, 4.69) is 18.6 Å². The van der Waals surface area contributed by atoms with Crippen LogP contribution in [-0.4, -0.2) is 20.7 Å². The van der Waals surface area contributed by atoms with Crippen LogP contribution in [0.3, 0.4) is 0 Å². The predicted octanol–water partition coefficient (Wildman–Crippen LogP) is 2.07. The number of nitrogen functional groups attached to an aromatic ring is 1. The van der Waals surface area contributed by atoms with Crippen molar-refractivity contribution in [1.29, 1.82) is 0 Å². The van der Waals surface area contributed by atoms with Gasteiger partial charge >= 0.3 is 0 Å². The van der Waals surface area contributed by atoms with Gasteiger partial charge in [-0.2, -0.15) is 0 Å². The molecule has 1 rings (SSSR count). The highest BCUT2D eigenvalue weighted by Crippen LogP contribution is 2.31. The van der Waals surface area contributed by atoms with Crippen molar-refractivity contribution < 1.29 is 8.42 Å². The number of sulfonamides is 1. The number of nitrogens with two attached hydrogens (primary N) is 1. The maximum atomic E-state index is 11.6. The zero-order chi connectivity index (χ0) is 13.1. The summed E-state index contributed by atoms with van der Waals surface area (Å²) in [6.07, 6.45) is 1.04. The molecule has 0 aromatic heterocycles. The first-order valence-corrected chi connectivity index (χ1v) is 7.76. The van der Waals surface area contributed by atoms with E-state index in [1.807, 2.05) is 0 Å². The Hall–Kier alpha value is -0.720. The molecular weight excluding hydrogens is 256 g/mol. The molecule has 0 radical (unpaired) electrons. The molecule has 3 N–H and O–H groups in total. The van der Waals surface area contributed by atoms with Crippen molar-refractivity contribution >= 4 is 27.5 Å². The molecule has 6 heteroatoms. The molecule has 0 aliphatic carbocycles. The summed E-state index contributed by atoms with van der Waals surface area (Å²) in [4.78, 5) is 1.13. The maximum absolute atomic E-state index is 11.6. The maximum Gasteiger partial charge on any atom is 0.240 e. The molecule has 0 amide bonds. The van der Waals surface area contributed by atoms with Crippen LogP contribution >= 0.6 is 11.8 Å². The summed E-state index contributed by atoms with van der Waals surface area (Å²) in [5.74, 6) is 0. The van der Waals surface area contributed by atoms with Crippen molar-refractivity contribution in [2.24, 2.45) is 0 Å². The van der Waals surface area contributed by atoms with E-state index in [0.717, 1.165) is 11.3 Å². The molecule has 1 atom stereocenters. The van der Waals surface area contributed by atoms with Gasteiger partial charge in [-0.25, -0.2) is 13.1 Å². The summed E-state index contributed by atoms with van der Waals surface area (Å²) >= 11 is 1.66. The molecule has 0 bridgehead atoms. The van der Waals surface area contributed by atoms with Crippen LogP contribution in [0.25, 0.3) is 0 Å². The van der Waals surface area contributed by atoms with Crippen LogP contribution in [0.1, 0.15) is 20.3 Å². The average molecular weight is 274 g/mol. The van der Waals surface area contributed by atoms with Gasteiger partial charge in [0.2, 0.25) is 10.0 Å². The summed E-state index contributed by atoms with van der Waals surface area (Å²) in [6.45, 7) is 4.22. The molecule has 4 nitrogen and oxygen atoms in total. The van der Waals surface area contributed by atoms with Crippen molar-refractivity contribution in [3.8, 4) is 0 Å². The standard InChI is InChI=1S/C11H18N2O2S2/c1-4-8(2)16-11-6-5-9(7-10(11)12)17(14,15)13-3/h5-8,13H,4,12H2,1-3H3. The Labute approximate surface area is 107 Å². The molecule has 0 saturated heterocycles. The zero-order valence-electron chi connectivity index (χ0n) is 10.2. The van der Waals surface area contributed by atoms with Crippen molar-refractivity contribution in [2.45, 2.75) is 35.3 Å². The van der Waals surface area contributed by atoms with Gasteiger partial charge in [-0.15, -0.1) is 11.8 Å². The van der Waals surface area contributed by atoms with Gasteiger partial charge in [0.25, 0.3) is 0 Å². The van der Waals surface area contributed by atoms with Crippen LogP contribution in [0.15, 0.2) is 28.0 Å². The number of rotatable bonds is 5. The molecule has 96 valence electrons. The second-order valence-corrected chi connectivity index (χ2v) is 7.11. The molecule has 0 heterocycles. The van der Waals surface area contributed by atoms with Crippen molar-refractivity contribution in [3.05, 3.63) is 18.2 Å². The fourth-order valence-electron chi connectivity index (χ4n) is 1.22. The molecular formula is C11H18N2O2S2. The van der Waals surface area contributed by atoms with Crippen LogP contribution in [0.5, 0.6) is 0 Å². The number of nitrogens with one attached hydrogen (secondary N) is 1. The van der Waals surface area contributed by atoms with Crippen LogP contribution in [-0.2, 0) is 10.0 Å². The predicted molar refractivity (Wildman–Crippen MR) is 72.7 cm³/mol. The highest BCUT2D eigenvalue weighted by Gasteiger charge is 2.13. The van der Waals surface area contributed by atoms with Gasteiger partial charge in [0, 0.05) is 15.8 Å². The first-order chi connectivity index (χ1) is 7.90. The van der Waals surface area contributed by atoms with Gasteiger partial charge in [-0.05, 0) is 31.7 Å². The Morgan fingerprint density at radius 3 is 2.59 bits per heavy atom. The Bertz CT molecular complexity index is 486. The van der Waals surface area contributed by atoms with E-state index < -0.39 is 10.0 Å². The second-order valence-electron chi connectivity index (χ2n) is 3.74. The quantitative estimate of drug-likeness (QED) is 0.637. The van der Waals surface area contributed by atoms with Gasteiger partial charge in [0.15, 0.2) is 0 Å². The number of anilines is 1. The minimum absolute atomic E-state index is 0.200. The van der Waals surface area contributed by atoms with Crippen LogP contribution < -0.4 is 10.5 Å². The zero-order valence-corrected chi connectivity index (χ0v) is 11.9. The number of hydrogen-bond acceptors (Lipinski definition) is 4. The molecule has 17 heavy (non-hydrogen) atoms. The minimum Gasteiger partial charge on any atom is -0.398 e. The fraction of sp³-hybridized carbons (Fsp3) is 0.455. The fourth-order valence-corrected chi connectivity index (χ4v) is 2.93. The van der Waals surface area contributed by atoms with E-state index in [-0.39, 0.29) is 4.90 Å². The first-order valence-electron chi connectivity index (χ1n) is 5.40.